The van der Waals surface area contributed by atoms with Crippen molar-refractivity contribution in [1.29, 1.82) is 0 Å². The molecule has 1 unspecified atom stereocenters. The summed E-state index contributed by atoms with van der Waals surface area (Å²) in [6.45, 7) is 1.88. The molecule has 1 aliphatic heterocycles. The first kappa shape index (κ1) is 7.25. The SMILES string of the molecule is CC1=NC(C(=O)O)CCC1. The molecule has 0 spiro atoms. The van der Waals surface area contributed by atoms with Gasteiger partial charge in [0.2, 0.25) is 0 Å². The molecule has 0 amide bonds. The highest BCUT2D eigenvalue weighted by molar-refractivity contribution is 5.86. The van der Waals surface area contributed by atoms with Crippen LogP contribution in [0.1, 0.15) is 26.2 Å². The Morgan fingerprint density at radius 2 is 2.50 bits per heavy atom. The fourth-order valence-corrected chi connectivity index (χ4v) is 1.13. The second kappa shape index (κ2) is 2.82. The van der Waals surface area contributed by atoms with Gasteiger partial charge in [0.15, 0.2) is 0 Å². The zero-order valence-electron chi connectivity index (χ0n) is 6.00. The number of aliphatic carboxylic acids is 1. The summed E-state index contributed by atoms with van der Waals surface area (Å²) in [5, 5.41) is 8.55. The monoisotopic (exact) mass is 141 g/mol. The molecule has 0 saturated carbocycles. The van der Waals surface area contributed by atoms with Gasteiger partial charge in [-0.05, 0) is 26.2 Å². The van der Waals surface area contributed by atoms with E-state index >= 15 is 0 Å². The van der Waals surface area contributed by atoms with Crippen LogP contribution in [-0.2, 0) is 4.79 Å². The summed E-state index contributed by atoms with van der Waals surface area (Å²) < 4.78 is 0. The molecule has 0 fully saturated rings. The van der Waals surface area contributed by atoms with E-state index in [2.05, 4.69) is 4.99 Å². The van der Waals surface area contributed by atoms with Crippen LogP contribution in [0.3, 0.4) is 0 Å². The minimum absolute atomic E-state index is 0.464. The number of carboxylic acid groups (broad SMARTS) is 1. The third-order valence-corrected chi connectivity index (χ3v) is 1.68. The van der Waals surface area contributed by atoms with Crippen LogP contribution < -0.4 is 0 Å². The third kappa shape index (κ3) is 1.56. The predicted octanol–water partition coefficient (Wildman–Crippen LogP) is 1.08. The summed E-state index contributed by atoms with van der Waals surface area (Å²) in [5.41, 5.74) is 0.971. The predicted molar refractivity (Wildman–Crippen MR) is 38.4 cm³/mol. The van der Waals surface area contributed by atoms with Crippen molar-refractivity contribution in [1.82, 2.24) is 0 Å². The summed E-state index contributed by atoms with van der Waals surface area (Å²) in [4.78, 5) is 14.4. The van der Waals surface area contributed by atoms with Crippen LogP contribution >= 0.6 is 0 Å². The van der Waals surface area contributed by atoms with Crippen molar-refractivity contribution in [2.24, 2.45) is 4.99 Å². The second-order valence-corrected chi connectivity index (χ2v) is 2.61. The molecule has 1 aliphatic rings. The topological polar surface area (TPSA) is 49.7 Å². The molecular weight excluding hydrogens is 130 g/mol. The fraction of sp³-hybridized carbons (Fsp3) is 0.714. The minimum Gasteiger partial charge on any atom is -0.480 e. The number of carbonyl (C=O) groups is 1. The van der Waals surface area contributed by atoms with E-state index in [9.17, 15) is 4.79 Å². The molecule has 0 bridgehead atoms. The summed E-state index contributed by atoms with van der Waals surface area (Å²) in [7, 11) is 0. The molecular formula is C7H11NO2. The molecule has 3 heteroatoms. The van der Waals surface area contributed by atoms with Gasteiger partial charge >= 0.3 is 5.97 Å². The number of aliphatic imine (C=N–C) groups is 1. The molecule has 1 heterocycles. The van der Waals surface area contributed by atoms with Crippen molar-refractivity contribution in [3.8, 4) is 0 Å². The van der Waals surface area contributed by atoms with E-state index in [-0.39, 0.29) is 0 Å². The summed E-state index contributed by atoms with van der Waals surface area (Å²) in [6, 6.07) is -0.464. The Labute approximate surface area is 59.8 Å². The van der Waals surface area contributed by atoms with Crippen molar-refractivity contribution in [3.05, 3.63) is 0 Å². The standard InChI is InChI=1S/C7H11NO2/c1-5-3-2-4-6(8-5)7(9)10/h6H,2-4H2,1H3,(H,9,10). The maximum atomic E-state index is 10.4. The van der Waals surface area contributed by atoms with Gasteiger partial charge in [-0.25, -0.2) is 4.79 Å². The maximum Gasteiger partial charge on any atom is 0.328 e. The summed E-state index contributed by atoms with van der Waals surface area (Å²) in [6.07, 6.45) is 2.63. The summed E-state index contributed by atoms with van der Waals surface area (Å²) >= 11 is 0. The molecule has 56 valence electrons. The molecule has 0 aromatic rings. The molecule has 1 N–H and O–H groups in total. The molecule has 3 nitrogen and oxygen atoms in total. The third-order valence-electron chi connectivity index (χ3n) is 1.68. The Hall–Kier alpha value is -0.860. The smallest absolute Gasteiger partial charge is 0.328 e. The lowest BCUT2D eigenvalue weighted by molar-refractivity contribution is -0.138. The highest BCUT2D eigenvalue weighted by Gasteiger charge is 2.18. The Morgan fingerprint density at radius 3 is 2.90 bits per heavy atom. The molecule has 1 atom stereocenters. The van der Waals surface area contributed by atoms with Gasteiger partial charge in [-0.1, -0.05) is 0 Å². The first-order chi connectivity index (χ1) is 4.70. The van der Waals surface area contributed by atoms with Gasteiger partial charge in [0.25, 0.3) is 0 Å². The number of carboxylic acids is 1. The first-order valence-corrected chi connectivity index (χ1v) is 3.46. The lowest BCUT2D eigenvalue weighted by Gasteiger charge is -2.13. The normalized spacial score (nSPS) is 25.7. The van der Waals surface area contributed by atoms with Gasteiger partial charge in [0.1, 0.15) is 6.04 Å². The van der Waals surface area contributed by atoms with Gasteiger partial charge in [-0.15, -0.1) is 0 Å². The largest absolute Gasteiger partial charge is 0.480 e. The van der Waals surface area contributed by atoms with Crippen molar-refractivity contribution in [2.45, 2.75) is 32.2 Å². The maximum absolute atomic E-state index is 10.4. The van der Waals surface area contributed by atoms with E-state index in [1.807, 2.05) is 6.92 Å². The molecule has 0 saturated heterocycles. The van der Waals surface area contributed by atoms with E-state index < -0.39 is 12.0 Å². The van der Waals surface area contributed by atoms with Crippen molar-refractivity contribution >= 4 is 11.7 Å². The zero-order chi connectivity index (χ0) is 7.56. The van der Waals surface area contributed by atoms with Crippen LogP contribution in [0.15, 0.2) is 4.99 Å². The van der Waals surface area contributed by atoms with Gasteiger partial charge < -0.3 is 5.11 Å². The lowest BCUT2D eigenvalue weighted by atomic mass is 10.0. The molecule has 1 rings (SSSR count). The van der Waals surface area contributed by atoms with Gasteiger partial charge in [-0.3, -0.25) is 4.99 Å². The van der Waals surface area contributed by atoms with Crippen LogP contribution in [-0.4, -0.2) is 22.8 Å². The number of nitrogens with zero attached hydrogens (tertiary/aromatic N) is 1. The second-order valence-electron chi connectivity index (χ2n) is 2.61. The van der Waals surface area contributed by atoms with Gasteiger partial charge in [-0.2, -0.15) is 0 Å². The average molecular weight is 141 g/mol. The van der Waals surface area contributed by atoms with Crippen LogP contribution in [0, 0.1) is 0 Å². The van der Waals surface area contributed by atoms with Crippen LogP contribution in [0.4, 0.5) is 0 Å². The Balaban J connectivity index is 2.62. The molecule has 0 radical (unpaired) electrons. The van der Waals surface area contributed by atoms with Crippen LogP contribution in [0.25, 0.3) is 0 Å². The van der Waals surface area contributed by atoms with Crippen molar-refractivity contribution in [3.63, 3.8) is 0 Å². The van der Waals surface area contributed by atoms with E-state index in [0.29, 0.717) is 6.42 Å². The number of hydrogen-bond donors (Lipinski definition) is 1. The molecule has 0 aromatic carbocycles. The van der Waals surface area contributed by atoms with Crippen molar-refractivity contribution in [2.75, 3.05) is 0 Å². The van der Waals surface area contributed by atoms with Crippen molar-refractivity contribution < 1.29 is 9.90 Å². The fourth-order valence-electron chi connectivity index (χ4n) is 1.13. The highest BCUT2D eigenvalue weighted by atomic mass is 16.4. The van der Waals surface area contributed by atoms with E-state index in [1.54, 1.807) is 0 Å². The van der Waals surface area contributed by atoms with E-state index in [0.717, 1.165) is 18.6 Å². The molecule has 10 heavy (non-hydrogen) atoms. The zero-order valence-corrected chi connectivity index (χ0v) is 6.00. The lowest BCUT2D eigenvalue weighted by Crippen LogP contribution is -2.22. The minimum atomic E-state index is -0.793. The van der Waals surface area contributed by atoms with Gasteiger partial charge in [0.05, 0.1) is 0 Å². The Bertz CT molecular complexity index is 174. The quantitative estimate of drug-likeness (QED) is 0.594. The highest BCUT2D eigenvalue weighted by Crippen LogP contribution is 2.12. The van der Waals surface area contributed by atoms with E-state index in [4.69, 9.17) is 5.11 Å². The van der Waals surface area contributed by atoms with Crippen LogP contribution in [0.5, 0.6) is 0 Å². The average Bonchev–Trinajstić information content (AvgIpc) is 1.88. The Morgan fingerprint density at radius 1 is 1.80 bits per heavy atom. The van der Waals surface area contributed by atoms with Gasteiger partial charge in [0, 0.05) is 5.71 Å². The first-order valence-electron chi connectivity index (χ1n) is 3.46. The molecule has 0 aromatic heterocycles. The number of hydrogen-bond acceptors (Lipinski definition) is 2. The van der Waals surface area contributed by atoms with Crippen LogP contribution in [0.2, 0.25) is 0 Å². The summed E-state index contributed by atoms with van der Waals surface area (Å²) in [5.74, 6) is -0.793. The van der Waals surface area contributed by atoms with E-state index in [1.165, 1.54) is 0 Å². The Kier molecular flexibility index (Phi) is 2.04. The number of rotatable bonds is 1. The molecule has 0 aliphatic carbocycles.